The predicted octanol–water partition coefficient (Wildman–Crippen LogP) is 2.71. The smallest absolute Gasteiger partial charge is 0.420 e. The van der Waals surface area contributed by atoms with E-state index in [1.54, 1.807) is 0 Å². The van der Waals surface area contributed by atoms with Crippen molar-refractivity contribution in [1.82, 2.24) is 5.32 Å². The summed E-state index contributed by atoms with van der Waals surface area (Å²) >= 11 is 0. The summed E-state index contributed by atoms with van der Waals surface area (Å²) in [5.41, 5.74) is -0.527. The summed E-state index contributed by atoms with van der Waals surface area (Å²) in [5.74, 6) is -0.985. The van der Waals surface area contributed by atoms with Gasteiger partial charge in [-0.15, -0.1) is 0 Å². The molecule has 0 aromatic heterocycles. The van der Waals surface area contributed by atoms with E-state index in [2.05, 4.69) is 5.32 Å². The molecule has 19 heavy (non-hydrogen) atoms. The van der Waals surface area contributed by atoms with Crippen LogP contribution < -0.4 is 10.1 Å². The fourth-order valence-electron chi connectivity index (χ4n) is 2.37. The number of ether oxygens (including phenoxy) is 1. The fourth-order valence-corrected chi connectivity index (χ4v) is 2.37. The number of methoxy groups -OCH3 is 1. The van der Waals surface area contributed by atoms with Gasteiger partial charge in [0.05, 0.1) is 7.11 Å². The van der Waals surface area contributed by atoms with Crippen LogP contribution in [0.2, 0.25) is 0 Å². The minimum absolute atomic E-state index is 0.136. The minimum atomic E-state index is -4.59. The topological polar surface area (TPSA) is 41.5 Å². The zero-order chi connectivity index (χ0) is 14.0. The molecule has 6 heteroatoms. The van der Waals surface area contributed by atoms with Gasteiger partial charge in [0.25, 0.3) is 0 Å². The van der Waals surface area contributed by atoms with Gasteiger partial charge in [0.15, 0.2) is 11.5 Å². The molecule has 1 unspecified atom stereocenters. The number of alkyl halides is 3. The molecule has 3 nitrogen and oxygen atoms in total. The van der Waals surface area contributed by atoms with Crippen LogP contribution in [-0.4, -0.2) is 24.8 Å². The van der Waals surface area contributed by atoms with Crippen molar-refractivity contribution < 1.29 is 23.0 Å². The van der Waals surface area contributed by atoms with Crippen LogP contribution in [0, 0.1) is 0 Å². The van der Waals surface area contributed by atoms with E-state index < -0.39 is 17.5 Å². The van der Waals surface area contributed by atoms with E-state index in [0.717, 1.165) is 25.5 Å². The van der Waals surface area contributed by atoms with Crippen molar-refractivity contribution in [2.45, 2.75) is 31.5 Å². The molecule has 0 radical (unpaired) electrons. The maximum Gasteiger partial charge on any atom is 0.420 e. The third-order valence-electron chi connectivity index (χ3n) is 3.30. The summed E-state index contributed by atoms with van der Waals surface area (Å²) in [5, 5.41) is 12.8. The zero-order valence-corrected chi connectivity index (χ0v) is 10.5. The molecule has 2 rings (SSSR count). The van der Waals surface area contributed by atoms with E-state index in [9.17, 15) is 18.3 Å². The van der Waals surface area contributed by atoms with E-state index in [4.69, 9.17) is 4.74 Å². The quantitative estimate of drug-likeness (QED) is 0.891. The Morgan fingerprint density at radius 2 is 2.16 bits per heavy atom. The van der Waals surface area contributed by atoms with Gasteiger partial charge >= 0.3 is 6.18 Å². The SMILES string of the molecule is COc1cc(CC2CCCN2)cc(C(F)(F)F)c1O. The van der Waals surface area contributed by atoms with Crippen molar-refractivity contribution in [3.63, 3.8) is 0 Å². The number of halogens is 3. The van der Waals surface area contributed by atoms with Crippen LogP contribution in [0.3, 0.4) is 0 Å². The first kappa shape index (κ1) is 14.0. The highest BCUT2D eigenvalue weighted by atomic mass is 19.4. The molecule has 1 saturated heterocycles. The van der Waals surface area contributed by atoms with Crippen LogP contribution in [0.5, 0.6) is 11.5 Å². The lowest BCUT2D eigenvalue weighted by Gasteiger charge is -2.16. The monoisotopic (exact) mass is 275 g/mol. The second-order valence-corrected chi connectivity index (χ2v) is 4.69. The van der Waals surface area contributed by atoms with Gasteiger partial charge in [-0.3, -0.25) is 0 Å². The van der Waals surface area contributed by atoms with Gasteiger partial charge in [0.2, 0.25) is 0 Å². The molecule has 1 atom stereocenters. The number of aromatic hydroxyl groups is 1. The Kier molecular flexibility index (Phi) is 3.89. The number of benzene rings is 1. The zero-order valence-electron chi connectivity index (χ0n) is 10.5. The first-order valence-electron chi connectivity index (χ1n) is 6.12. The van der Waals surface area contributed by atoms with E-state index in [-0.39, 0.29) is 11.8 Å². The lowest BCUT2D eigenvalue weighted by Crippen LogP contribution is -2.23. The molecule has 1 heterocycles. The summed E-state index contributed by atoms with van der Waals surface area (Å²) < 4.78 is 43.3. The number of rotatable bonds is 3. The number of phenolic OH excluding ortho intramolecular Hbond substituents is 1. The molecule has 106 valence electrons. The molecule has 0 bridgehead atoms. The van der Waals surface area contributed by atoms with Gasteiger partial charge in [-0.05, 0) is 43.5 Å². The average molecular weight is 275 g/mol. The van der Waals surface area contributed by atoms with E-state index in [0.29, 0.717) is 12.0 Å². The average Bonchev–Trinajstić information content (AvgIpc) is 2.82. The molecular formula is C13H16F3NO2. The van der Waals surface area contributed by atoms with E-state index >= 15 is 0 Å². The normalized spacial score (nSPS) is 19.7. The Balaban J connectivity index is 2.33. The lowest BCUT2D eigenvalue weighted by molar-refractivity contribution is -0.138. The van der Waals surface area contributed by atoms with E-state index in [1.807, 2.05) is 0 Å². The molecule has 1 aliphatic rings. The Morgan fingerprint density at radius 1 is 1.42 bits per heavy atom. The largest absolute Gasteiger partial charge is 0.504 e. The Bertz CT molecular complexity index is 454. The van der Waals surface area contributed by atoms with Crippen LogP contribution in [0.25, 0.3) is 0 Å². The highest BCUT2D eigenvalue weighted by molar-refractivity contribution is 5.50. The predicted molar refractivity (Wildman–Crippen MR) is 64.4 cm³/mol. The van der Waals surface area contributed by atoms with Crippen LogP contribution >= 0.6 is 0 Å². The third-order valence-corrected chi connectivity index (χ3v) is 3.30. The minimum Gasteiger partial charge on any atom is -0.504 e. The molecule has 0 amide bonds. The van der Waals surface area contributed by atoms with Gasteiger partial charge in [-0.25, -0.2) is 0 Å². The van der Waals surface area contributed by atoms with Gasteiger partial charge in [-0.1, -0.05) is 0 Å². The summed E-state index contributed by atoms with van der Waals surface area (Å²) in [4.78, 5) is 0. The third kappa shape index (κ3) is 3.12. The van der Waals surface area contributed by atoms with Crippen LogP contribution in [0.1, 0.15) is 24.0 Å². The number of nitrogens with one attached hydrogen (secondary N) is 1. The van der Waals surface area contributed by atoms with Crippen molar-refractivity contribution in [2.75, 3.05) is 13.7 Å². The van der Waals surface area contributed by atoms with Crippen molar-refractivity contribution >= 4 is 0 Å². The molecular weight excluding hydrogens is 259 g/mol. The molecule has 0 spiro atoms. The highest BCUT2D eigenvalue weighted by Gasteiger charge is 2.36. The number of phenols is 1. The molecule has 1 aliphatic heterocycles. The van der Waals surface area contributed by atoms with Crippen LogP contribution in [-0.2, 0) is 12.6 Å². The van der Waals surface area contributed by atoms with Crippen molar-refractivity contribution in [2.24, 2.45) is 0 Å². The second-order valence-electron chi connectivity index (χ2n) is 4.69. The van der Waals surface area contributed by atoms with Gasteiger partial charge in [-0.2, -0.15) is 13.2 Å². The molecule has 1 fully saturated rings. The summed E-state index contributed by atoms with van der Waals surface area (Å²) in [6, 6.07) is 2.65. The first-order valence-corrected chi connectivity index (χ1v) is 6.12. The van der Waals surface area contributed by atoms with Gasteiger partial charge in [0.1, 0.15) is 5.56 Å². The maximum atomic E-state index is 12.8. The highest BCUT2D eigenvalue weighted by Crippen LogP contribution is 2.41. The van der Waals surface area contributed by atoms with Crippen molar-refractivity contribution in [3.05, 3.63) is 23.3 Å². The number of hydrogen-bond donors (Lipinski definition) is 2. The Labute approximate surface area is 109 Å². The standard InChI is InChI=1S/C13H16F3NO2/c1-19-11-7-8(5-9-3-2-4-17-9)6-10(12(11)18)13(14,15)16/h6-7,9,17-18H,2-5H2,1H3. The maximum absolute atomic E-state index is 12.8. The van der Waals surface area contributed by atoms with E-state index in [1.165, 1.54) is 13.2 Å². The van der Waals surface area contributed by atoms with Crippen molar-refractivity contribution in [1.29, 1.82) is 0 Å². The summed E-state index contributed by atoms with van der Waals surface area (Å²) in [7, 11) is 1.24. The first-order chi connectivity index (χ1) is 8.91. The molecule has 0 saturated carbocycles. The number of hydrogen-bond acceptors (Lipinski definition) is 3. The molecule has 1 aromatic rings. The molecule has 0 aliphatic carbocycles. The molecule has 2 N–H and O–H groups in total. The molecule has 1 aromatic carbocycles. The lowest BCUT2D eigenvalue weighted by atomic mass is 10.0. The summed E-state index contributed by atoms with van der Waals surface area (Å²) in [6.45, 7) is 0.895. The second kappa shape index (κ2) is 5.28. The fraction of sp³-hybridized carbons (Fsp3) is 0.538. The van der Waals surface area contributed by atoms with Gasteiger partial charge in [0, 0.05) is 6.04 Å². The summed E-state index contributed by atoms with van der Waals surface area (Å²) in [6.07, 6.45) is -2.10. The van der Waals surface area contributed by atoms with Crippen molar-refractivity contribution in [3.8, 4) is 11.5 Å². The van der Waals surface area contributed by atoms with Crippen LogP contribution in [0.15, 0.2) is 12.1 Å². The van der Waals surface area contributed by atoms with Crippen LogP contribution in [0.4, 0.5) is 13.2 Å². The van der Waals surface area contributed by atoms with Gasteiger partial charge < -0.3 is 15.2 Å². The Morgan fingerprint density at radius 3 is 2.68 bits per heavy atom. The Hall–Kier alpha value is -1.43.